The van der Waals surface area contributed by atoms with E-state index in [1.807, 2.05) is 6.07 Å². The first-order valence-corrected chi connectivity index (χ1v) is 11.1. The molecule has 1 aromatic heterocycles. The van der Waals surface area contributed by atoms with Crippen molar-refractivity contribution in [2.24, 2.45) is 0 Å². The van der Waals surface area contributed by atoms with Crippen molar-refractivity contribution >= 4 is 21.9 Å². The van der Waals surface area contributed by atoms with Gasteiger partial charge in [-0.15, -0.1) is 0 Å². The number of fused-ring (bicyclic) bond motifs is 4. The third-order valence-electron chi connectivity index (χ3n) is 7.20. The van der Waals surface area contributed by atoms with E-state index in [-0.39, 0.29) is 0 Å². The zero-order chi connectivity index (χ0) is 19.4. The molecule has 0 N–H and O–H groups in total. The number of nitrogens with zero attached hydrogens (tertiary/aromatic N) is 1. The van der Waals surface area contributed by atoms with Crippen molar-refractivity contribution in [3.8, 4) is 11.1 Å². The lowest BCUT2D eigenvalue weighted by molar-refractivity contribution is 0.174. The maximum Gasteiger partial charge on any atom is 0.143 e. The van der Waals surface area contributed by atoms with Gasteiger partial charge in [-0.05, 0) is 68.3 Å². The van der Waals surface area contributed by atoms with E-state index in [0.717, 1.165) is 23.2 Å². The predicted octanol–water partition coefficient (Wildman–Crippen LogP) is 6.59. The summed E-state index contributed by atoms with van der Waals surface area (Å²) < 4.78 is 6.27. The number of aryl methyl sites for hydroxylation is 1. The molecule has 6 rings (SSSR count). The number of likely N-dealkylation sites (tertiary alicyclic amines) is 1. The van der Waals surface area contributed by atoms with Crippen LogP contribution in [0.3, 0.4) is 0 Å². The Bertz CT molecular complexity index is 1200. The van der Waals surface area contributed by atoms with Crippen molar-refractivity contribution in [3.05, 3.63) is 71.8 Å². The van der Waals surface area contributed by atoms with E-state index in [1.54, 1.807) is 5.56 Å². The highest BCUT2D eigenvalue weighted by Crippen LogP contribution is 2.37. The van der Waals surface area contributed by atoms with Gasteiger partial charge in [0, 0.05) is 28.4 Å². The standard InChI is InChI=1S/C27H27NO/c1-18-6-5-15-28(18)22-14-13-19-16-21(12-11-20(19)17-22)23-8-4-9-25-24-7-2-3-10-26(24)29-27(23)25/h2-4,7-12,16,18,22H,5-6,13-15,17H2,1H3. The zero-order valence-corrected chi connectivity index (χ0v) is 17.0. The smallest absolute Gasteiger partial charge is 0.143 e. The Morgan fingerprint density at radius 1 is 0.897 bits per heavy atom. The second-order valence-electron chi connectivity index (χ2n) is 8.89. The average molecular weight is 382 g/mol. The third-order valence-corrected chi connectivity index (χ3v) is 7.20. The highest BCUT2D eigenvalue weighted by Gasteiger charge is 2.30. The Morgan fingerprint density at radius 2 is 1.79 bits per heavy atom. The van der Waals surface area contributed by atoms with Crippen molar-refractivity contribution in [3.63, 3.8) is 0 Å². The maximum atomic E-state index is 6.27. The molecular weight excluding hydrogens is 354 g/mol. The first kappa shape index (κ1) is 17.3. The SMILES string of the molecule is CC1CCCN1C1CCc2cc(-c3cccc4c3oc3ccccc34)ccc2C1. The molecule has 0 amide bonds. The fourth-order valence-corrected chi connectivity index (χ4v) is 5.66. The van der Waals surface area contributed by atoms with E-state index < -0.39 is 0 Å². The molecule has 0 radical (unpaired) electrons. The first-order valence-electron chi connectivity index (χ1n) is 11.1. The number of hydrogen-bond acceptors (Lipinski definition) is 2. The quantitative estimate of drug-likeness (QED) is 0.389. The summed E-state index contributed by atoms with van der Waals surface area (Å²) in [7, 11) is 0. The topological polar surface area (TPSA) is 16.4 Å². The summed E-state index contributed by atoms with van der Waals surface area (Å²) in [6, 6.07) is 23.4. The molecule has 2 heterocycles. The molecule has 2 nitrogen and oxygen atoms in total. The van der Waals surface area contributed by atoms with Crippen LogP contribution in [0.5, 0.6) is 0 Å². The number of rotatable bonds is 2. The number of hydrogen-bond donors (Lipinski definition) is 0. The van der Waals surface area contributed by atoms with Crippen molar-refractivity contribution in [2.45, 2.75) is 51.1 Å². The molecule has 4 aromatic rings. The molecule has 2 heteroatoms. The van der Waals surface area contributed by atoms with Crippen LogP contribution in [0.4, 0.5) is 0 Å². The third kappa shape index (κ3) is 2.81. The van der Waals surface area contributed by atoms with E-state index in [4.69, 9.17) is 4.42 Å². The molecular formula is C27H27NO. The Balaban J connectivity index is 1.38. The highest BCUT2D eigenvalue weighted by atomic mass is 16.3. The maximum absolute atomic E-state index is 6.27. The van der Waals surface area contributed by atoms with E-state index in [2.05, 4.69) is 66.4 Å². The molecule has 1 saturated heterocycles. The summed E-state index contributed by atoms with van der Waals surface area (Å²) in [5.74, 6) is 0. The highest BCUT2D eigenvalue weighted by molar-refractivity contribution is 6.09. The van der Waals surface area contributed by atoms with Crippen molar-refractivity contribution in [2.75, 3.05) is 6.54 Å². The van der Waals surface area contributed by atoms with Crippen molar-refractivity contribution < 1.29 is 4.42 Å². The molecule has 0 spiro atoms. The number of furan rings is 1. The van der Waals surface area contributed by atoms with Crippen LogP contribution < -0.4 is 0 Å². The fraction of sp³-hybridized carbons (Fsp3) is 0.333. The molecule has 146 valence electrons. The van der Waals surface area contributed by atoms with Gasteiger partial charge < -0.3 is 4.42 Å². The molecule has 29 heavy (non-hydrogen) atoms. The molecule has 2 unspecified atom stereocenters. The second-order valence-corrected chi connectivity index (χ2v) is 8.89. The Labute approximate surface area is 172 Å². The van der Waals surface area contributed by atoms with Gasteiger partial charge in [0.05, 0.1) is 0 Å². The lowest BCUT2D eigenvalue weighted by Crippen LogP contribution is -2.41. The number of benzene rings is 3. The van der Waals surface area contributed by atoms with Crippen LogP contribution in [-0.4, -0.2) is 23.5 Å². The van der Waals surface area contributed by atoms with Crippen LogP contribution in [-0.2, 0) is 12.8 Å². The molecule has 2 aliphatic rings. The molecule has 2 atom stereocenters. The first-order chi connectivity index (χ1) is 14.3. The summed E-state index contributed by atoms with van der Waals surface area (Å²) in [6.45, 7) is 3.69. The Morgan fingerprint density at radius 3 is 2.69 bits per heavy atom. The van der Waals surface area contributed by atoms with Crippen molar-refractivity contribution in [1.82, 2.24) is 4.90 Å². The average Bonchev–Trinajstić information content (AvgIpc) is 3.36. The monoisotopic (exact) mass is 381 g/mol. The summed E-state index contributed by atoms with van der Waals surface area (Å²) in [6.07, 6.45) is 6.41. The van der Waals surface area contributed by atoms with E-state index in [9.17, 15) is 0 Å². The molecule has 0 saturated carbocycles. The van der Waals surface area contributed by atoms with Gasteiger partial charge in [0.1, 0.15) is 11.2 Å². The second kappa shape index (κ2) is 6.74. The summed E-state index contributed by atoms with van der Waals surface area (Å²) >= 11 is 0. The molecule has 3 aromatic carbocycles. The Hall–Kier alpha value is -2.58. The van der Waals surface area contributed by atoms with Crippen LogP contribution >= 0.6 is 0 Å². The van der Waals surface area contributed by atoms with Crippen LogP contribution in [0.1, 0.15) is 37.3 Å². The molecule has 1 aliphatic heterocycles. The largest absolute Gasteiger partial charge is 0.455 e. The van der Waals surface area contributed by atoms with Gasteiger partial charge in [-0.25, -0.2) is 0 Å². The van der Waals surface area contributed by atoms with Gasteiger partial charge >= 0.3 is 0 Å². The van der Waals surface area contributed by atoms with Gasteiger partial charge in [-0.3, -0.25) is 4.90 Å². The van der Waals surface area contributed by atoms with Gasteiger partial charge in [-0.2, -0.15) is 0 Å². The van der Waals surface area contributed by atoms with Gasteiger partial charge in [0.2, 0.25) is 0 Å². The van der Waals surface area contributed by atoms with E-state index in [1.165, 1.54) is 66.1 Å². The molecule has 1 aliphatic carbocycles. The fourth-order valence-electron chi connectivity index (χ4n) is 5.66. The van der Waals surface area contributed by atoms with Crippen LogP contribution in [0.15, 0.2) is 65.1 Å². The van der Waals surface area contributed by atoms with Crippen LogP contribution in [0.2, 0.25) is 0 Å². The van der Waals surface area contributed by atoms with Gasteiger partial charge in [-0.1, -0.05) is 54.6 Å². The van der Waals surface area contributed by atoms with E-state index in [0.29, 0.717) is 0 Å². The number of para-hydroxylation sites is 2. The zero-order valence-electron chi connectivity index (χ0n) is 17.0. The normalized spacial score (nSPS) is 22.4. The predicted molar refractivity (Wildman–Crippen MR) is 120 cm³/mol. The Kier molecular flexibility index (Phi) is 4.02. The van der Waals surface area contributed by atoms with Crippen LogP contribution in [0, 0.1) is 0 Å². The summed E-state index contributed by atoms with van der Waals surface area (Å²) in [4.78, 5) is 2.76. The lowest BCUT2D eigenvalue weighted by atomic mass is 9.85. The molecule has 0 bridgehead atoms. The van der Waals surface area contributed by atoms with Gasteiger partial charge in [0.25, 0.3) is 0 Å². The van der Waals surface area contributed by atoms with E-state index >= 15 is 0 Å². The summed E-state index contributed by atoms with van der Waals surface area (Å²) in [5, 5.41) is 2.41. The minimum Gasteiger partial charge on any atom is -0.455 e. The summed E-state index contributed by atoms with van der Waals surface area (Å²) in [5.41, 5.74) is 7.53. The lowest BCUT2D eigenvalue weighted by Gasteiger charge is -2.35. The van der Waals surface area contributed by atoms with Crippen LogP contribution in [0.25, 0.3) is 33.1 Å². The minimum absolute atomic E-state index is 0.727. The molecule has 1 fully saturated rings. The minimum atomic E-state index is 0.727. The van der Waals surface area contributed by atoms with Crippen molar-refractivity contribution in [1.29, 1.82) is 0 Å². The van der Waals surface area contributed by atoms with Gasteiger partial charge in [0.15, 0.2) is 0 Å².